The third-order valence-corrected chi connectivity index (χ3v) is 3.76. The average molecular weight is 324 g/mol. The van der Waals surface area contributed by atoms with Gasteiger partial charge in [-0.25, -0.2) is 4.68 Å². The molecule has 0 saturated heterocycles. The molecule has 0 aliphatic heterocycles. The fourth-order valence-corrected chi connectivity index (χ4v) is 2.75. The van der Waals surface area contributed by atoms with Crippen LogP contribution in [0.15, 0.2) is 41.0 Å². The number of aryl methyl sites for hydroxylation is 3. The second-order valence-corrected chi connectivity index (χ2v) is 5.84. The van der Waals surface area contributed by atoms with Crippen molar-refractivity contribution in [1.82, 2.24) is 9.78 Å². The van der Waals surface area contributed by atoms with Crippen LogP contribution in [-0.2, 0) is 6.54 Å². The molecule has 0 fully saturated rings. The Morgan fingerprint density at radius 3 is 2.58 bits per heavy atom. The monoisotopic (exact) mass is 324 g/mol. The van der Waals surface area contributed by atoms with Crippen molar-refractivity contribution in [2.45, 2.75) is 27.3 Å². The van der Waals surface area contributed by atoms with Gasteiger partial charge in [0.25, 0.3) is 5.91 Å². The predicted octanol–water partition coefficient (Wildman–Crippen LogP) is 3.10. The van der Waals surface area contributed by atoms with Crippen molar-refractivity contribution in [3.63, 3.8) is 0 Å². The molecule has 3 rings (SSSR count). The number of rotatable bonds is 4. The van der Waals surface area contributed by atoms with Crippen molar-refractivity contribution < 1.29 is 9.21 Å². The minimum atomic E-state index is -0.283. The fourth-order valence-electron chi connectivity index (χ4n) is 2.75. The topological polar surface area (TPSA) is 86.1 Å². The summed E-state index contributed by atoms with van der Waals surface area (Å²) in [7, 11) is 0. The van der Waals surface area contributed by atoms with E-state index in [-0.39, 0.29) is 12.5 Å². The molecule has 1 amide bonds. The van der Waals surface area contributed by atoms with Gasteiger partial charge in [-0.3, -0.25) is 4.79 Å². The normalized spacial score (nSPS) is 10.8. The first-order valence-electron chi connectivity index (χ1n) is 7.71. The van der Waals surface area contributed by atoms with Crippen LogP contribution in [0, 0.1) is 20.8 Å². The van der Waals surface area contributed by atoms with Crippen molar-refractivity contribution in [3.05, 3.63) is 64.7 Å². The molecule has 0 unspecified atom stereocenters. The van der Waals surface area contributed by atoms with Crippen LogP contribution in [0.1, 0.15) is 32.9 Å². The zero-order chi connectivity index (χ0) is 17.3. The van der Waals surface area contributed by atoms with Crippen molar-refractivity contribution in [3.8, 4) is 5.69 Å². The van der Waals surface area contributed by atoms with E-state index in [1.165, 1.54) is 6.26 Å². The van der Waals surface area contributed by atoms with Crippen molar-refractivity contribution in [2.24, 2.45) is 5.73 Å². The number of nitrogens with zero attached hydrogens (tertiary/aromatic N) is 2. The first-order valence-corrected chi connectivity index (χ1v) is 7.71. The number of amides is 1. The third kappa shape index (κ3) is 3.09. The number of hydrogen-bond donors (Lipinski definition) is 2. The summed E-state index contributed by atoms with van der Waals surface area (Å²) < 4.78 is 7.00. The van der Waals surface area contributed by atoms with Crippen LogP contribution in [-0.4, -0.2) is 15.7 Å². The molecule has 0 spiro atoms. The zero-order valence-electron chi connectivity index (χ0n) is 14.0. The second-order valence-electron chi connectivity index (χ2n) is 5.84. The first-order chi connectivity index (χ1) is 11.5. The molecule has 6 nitrogen and oxygen atoms in total. The Labute approximate surface area is 140 Å². The quantitative estimate of drug-likeness (QED) is 0.772. The number of furan rings is 1. The number of aromatic nitrogens is 2. The van der Waals surface area contributed by atoms with E-state index in [0.717, 1.165) is 22.5 Å². The van der Waals surface area contributed by atoms with Crippen LogP contribution in [0.3, 0.4) is 0 Å². The van der Waals surface area contributed by atoms with Gasteiger partial charge in [-0.15, -0.1) is 5.10 Å². The summed E-state index contributed by atoms with van der Waals surface area (Å²) >= 11 is 0. The summed E-state index contributed by atoms with van der Waals surface area (Å²) in [6.07, 6.45) is 1.45. The van der Waals surface area contributed by atoms with Crippen LogP contribution in [0.2, 0.25) is 0 Å². The standard InChI is InChI=1S/C18H20N4O2/c1-11-6-12(2)8-14(7-11)22-13(3)9-17(21-22)20-18(23)15-4-5-24-16(15)10-19/h4-9H,10,19H2,1-3H3,(H,20,21,23). The third-order valence-electron chi connectivity index (χ3n) is 3.76. The smallest absolute Gasteiger partial charge is 0.260 e. The number of anilines is 1. The molecule has 0 saturated carbocycles. The van der Waals surface area contributed by atoms with Gasteiger partial charge in [0.2, 0.25) is 0 Å². The molecule has 2 heterocycles. The van der Waals surface area contributed by atoms with Crippen LogP contribution < -0.4 is 11.1 Å². The minimum Gasteiger partial charge on any atom is -0.467 e. The molecule has 0 radical (unpaired) electrons. The minimum absolute atomic E-state index is 0.172. The summed E-state index contributed by atoms with van der Waals surface area (Å²) in [6, 6.07) is 9.66. The number of nitrogens with one attached hydrogen (secondary N) is 1. The van der Waals surface area contributed by atoms with Crippen LogP contribution in [0.4, 0.5) is 5.82 Å². The summed E-state index contributed by atoms with van der Waals surface area (Å²) in [6.45, 7) is 6.21. The molecule has 0 aliphatic carbocycles. The average Bonchev–Trinajstić information content (AvgIpc) is 3.12. The van der Waals surface area contributed by atoms with E-state index in [2.05, 4.69) is 28.6 Å². The van der Waals surface area contributed by atoms with Crippen molar-refractivity contribution in [1.29, 1.82) is 0 Å². The Morgan fingerprint density at radius 1 is 1.21 bits per heavy atom. The van der Waals surface area contributed by atoms with Crippen molar-refractivity contribution in [2.75, 3.05) is 5.32 Å². The second kappa shape index (κ2) is 6.33. The molecule has 3 aromatic rings. The summed E-state index contributed by atoms with van der Waals surface area (Å²) in [5.41, 5.74) is 10.2. The van der Waals surface area contributed by atoms with Gasteiger partial charge < -0.3 is 15.5 Å². The lowest BCUT2D eigenvalue weighted by Crippen LogP contribution is -2.14. The zero-order valence-corrected chi connectivity index (χ0v) is 14.0. The molecule has 0 aliphatic rings. The van der Waals surface area contributed by atoms with Crippen LogP contribution in [0.5, 0.6) is 0 Å². The Kier molecular flexibility index (Phi) is 4.22. The van der Waals surface area contributed by atoms with Gasteiger partial charge in [0.15, 0.2) is 5.82 Å². The van der Waals surface area contributed by atoms with Gasteiger partial charge in [-0.2, -0.15) is 0 Å². The fraction of sp³-hybridized carbons (Fsp3) is 0.222. The number of benzene rings is 1. The van der Waals surface area contributed by atoms with E-state index in [1.54, 1.807) is 6.07 Å². The summed E-state index contributed by atoms with van der Waals surface area (Å²) in [4.78, 5) is 12.3. The Balaban J connectivity index is 1.88. The van der Waals surface area contributed by atoms with Gasteiger partial charge in [-0.05, 0) is 50.1 Å². The lowest BCUT2D eigenvalue weighted by Gasteiger charge is -2.07. The van der Waals surface area contributed by atoms with E-state index in [4.69, 9.17) is 10.2 Å². The maximum Gasteiger partial charge on any atom is 0.260 e. The van der Waals surface area contributed by atoms with Gasteiger partial charge in [0.1, 0.15) is 5.76 Å². The highest BCUT2D eigenvalue weighted by molar-refractivity contribution is 6.04. The predicted molar refractivity (Wildman–Crippen MR) is 92.3 cm³/mol. The molecule has 0 bridgehead atoms. The summed E-state index contributed by atoms with van der Waals surface area (Å²) in [5.74, 6) is 0.660. The maximum absolute atomic E-state index is 12.3. The highest BCUT2D eigenvalue weighted by Gasteiger charge is 2.16. The van der Waals surface area contributed by atoms with Crippen LogP contribution >= 0.6 is 0 Å². The van der Waals surface area contributed by atoms with E-state index >= 15 is 0 Å². The number of hydrogen-bond acceptors (Lipinski definition) is 4. The van der Waals surface area contributed by atoms with Gasteiger partial charge in [-0.1, -0.05) is 6.07 Å². The Morgan fingerprint density at radius 2 is 1.92 bits per heavy atom. The molecule has 2 aromatic heterocycles. The molecule has 0 atom stereocenters. The molecule has 6 heteroatoms. The highest BCUT2D eigenvalue weighted by atomic mass is 16.3. The Bertz CT molecular complexity index is 872. The highest BCUT2D eigenvalue weighted by Crippen LogP contribution is 2.19. The lowest BCUT2D eigenvalue weighted by molar-refractivity contribution is 0.102. The summed E-state index contributed by atoms with van der Waals surface area (Å²) in [5, 5.41) is 7.28. The van der Waals surface area contributed by atoms with E-state index < -0.39 is 0 Å². The molecule has 124 valence electrons. The molecule has 1 aromatic carbocycles. The van der Waals surface area contributed by atoms with Gasteiger partial charge >= 0.3 is 0 Å². The van der Waals surface area contributed by atoms with E-state index in [9.17, 15) is 4.79 Å². The Hall–Kier alpha value is -2.86. The van der Waals surface area contributed by atoms with Gasteiger partial charge in [0, 0.05) is 11.8 Å². The van der Waals surface area contributed by atoms with E-state index in [1.807, 2.05) is 31.5 Å². The SMILES string of the molecule is Cc1cc(C)cc(-n2nc(NC(=O)c3ccoc3CN)cc2C)c1. The number of nitrogens with two attached hydrogens (primary N) is 1. The molecular formula is C18H20N4O2. The maximum atomic E-state index is 12.3. The lowest BCUT2D eigenvalue weighted by atomic mass is 10.1. The first kappa shape index (κ1) is 16.0. The molecule has 3 N–H and O–H groups in total. The van der Waals surface area contributed by atoms with Crippen molar-refractivity contribution >= 4 is 11.7 Å². The van der Waals surface area contributed by atoms with E-state index in [0.29, 0.717) is 17.1 Å². The molecule has 24 heavy (non-hydrogen) atoms. The number of carbonyl (C=O) groups excluding carboxylic acids is 1. The number of carbonyl (C=O) groups is 1. The van der Waals surface area contributed by atoms with Gasteiger partial charge in [0.05, 0.1) is 24.1 Å². The van der Waals surface area contributed by atoms with Crippen LogP contribution in [0.25, 0.3) is 5.69 Å². The molecular weight excluding hydrogens is 304 g/mol. The largest absolute Gasteiger partial charge is 0.467 e.